The molecule has 2 saturated heterocycles. The van der Waals surface area contributed by atoms with Crippen LogP contribution in [0.1, 0.15) is 18.4 Å². The number of amides is 2. The number of likely N-dealkylation sites (tertiary alicyclic amines) is 1. The predicted molar refractivity (Wildman–Crippen MR) is 113 cm³/mol. The molecule has 2 aromatic rings. The molecule has 2 heterocycles. The van der Waals surface area contributed by atoms with Gasteiger partial charge in [-0.3, -0.25) is 9.59 Å². The average molecular weight is 429 g/mol. The van der Waals surface area contributed by atoms with Gasteiger partial charge in [0.05, 0.1) is 17.4 Å². The molecule has 0 radical (unpaired) electrons. The molecular weight excluding hydrogens is 404 g/mol. The smallest absolute Gasteiger partial charge is 0.229 e. The normalized spacial score (nSPS) is 22.8. The van der Waals surface area contributed by atoms with Crippen molar-refractivity contribution in [3.63, 3.8) is 0 Å². The van der Waals surface area contributed by atoms with Gasteiger partial charge in [-0.05, 0) is 36.2 Å². The lowest BCUT2D eigenvalue weighted by Crippen LogP contribution is -2.38. The number of anilines is 1. The summed E-state index contributed by atoms with van der Waals surface area (Å²) in [6, 6.07) is 16.6. The molecule has 0 aromatic heterocycles. The van der Waals surface area contributed by atoms with Gasteiger partial charge in [0.2, 0.25) is 11.8 Å². The van der Waals surface area contributed by atoms with E-state index in [0.29, 0.717) is 24.5 Å². The van der Waals surface area contributed by atoms with Gasteiger partial charge in [0.25, 0.3) is 0 Å². The maximum Gasteiger partial charge on any atom is 0.229 e. The third-order valence-electron chi connectivity index (χ3n) is 5.55. The lowest BCUT2D eigenvalue weighted by Gasteiger charge is -2.22. The molecule has 0 bridgehead atoms. The molecular formula is C22H24N2O5S. The maximum atomic E-state index is 12.6. The Morgan fingerprint density at radius 2 is 1.83 bits per heavy atom. The fourth-order valence-corrected chi connectivity index (χ4v) is 5.63. The summed E-state index contributed by atoms with van der Waals surface area (Å²) in [6.45, 7) is 0.729. The van der Waals surface area contributed by atoms with Gasteiger partial charge in [-0.15, -0.1) is 0 Å². The van der Waals surface area contributed by atoms with Crippen LogP contribution < -0.4 is 10.1 Å². The number of hydrogen-bond donors (Lipinski definition) is 1. The Balaban J connectivity index is 1.30. The van der Waals surface area contributed by atoms with Crippen LogP contribution in [0.4, 0.5) is 5.69 Å². The molecule has 2 fully saturated rings. The topological polar surface area (TPSA) is 92.8 Å². The number of benzene rings is 2. The van der Waals surface area contributed by atoms with E-state index in [1.54, 1.807) is 29.2 Å². The Morgan fingerprint density at radius 1 is 1.10 bits per heavy atom. The molecule has 7 nitrogen and oxygen atoms in total. The van der Waals surface area contributed by atoms with Gasteiger partial charge in [0, 0.05) is 24.7 Å². The molecule has 0 aliphatic carbocycles. The van der Waals surface area contributed by atoms with Gasteiger partial charge in [0.1, 0.15) is 12.4 Å². The van der Waals surface area contributed by atoms with E-state index in [1.165, 1.54) is 0 Å². The van der Waals surface area contributed by atoms with Crippen molar-refractivity contribution < 1.29 is 22.7 Å². The van der Waals surface area contributed by atoms with Crippen LogP contribution in [0.5, 0.6) is 5.75 Å². The second kappa shape index (κ2) is 8.47. The van der Waals surface area contributed by atoms with Crippen molar-refractivity contribution >= 4 is 27.3 Å². The van der Waals surface area contributed by atoms with E-state index >= 15 is 0 Å². The number of carbonyl (C=O) groups excluding carboxylic acids is 2. The van der Waals surface area contributed by atoms with Crippen molar-refractivity contribution in [2.24, 2.45) is 5.92 Å². The van der Waals surface area contributed by atoms with Crippen LogP contribution >= 0.6 is 0 Å². The van der Waals surface area contributed by atoms with Crippen LogP contribution in [-0.4, -0.2) is 49.2 Å². The Bertz CT molecular complexity index is 1020. The lowest BCUT2D eigenvalue weighted by molar-refractivity contribution is -0.129. The monoisotopic (exact) mass is 428 g/mol. The third kappa shape index (κ3) is 4.81. The largest absolute Gasteiger partial charge is 0.489 e. The molecule has 0 spiro atoms. The number of nitrogens with one attached hydrogen (secondary N) is 1. The SMILES string of the molecule is O=C(Nc1ccc(OCc2ccccc2)cc1)[C@@H]1CC(=O)N([C@@H]2CCS(=O)(=O)C2)C1. The zero-order valence-electron chi connectivity index (χ0n) is 16.5. The van der Waals surface area contributed by atoms with Crippen molar-refractivity contribution in [2.45, 2.75) is 25.5 Å². The molecule has 30 heavy (non-hydrogen) atoms. The first-order valence-corrected chi connectivity index (χ1v) is 11.8. The standard InChI is InChI=1S/C22H24N2O5S/c25-21-12-17(13-24(21)19-10-11-30(27,28)15-19)22(26)23-18-6-8-20(9-7-18)29-14-16-4-2-1-3-5-16/h1-9,17,19H,10-15H2,(H,23,26)/t17-,19-/m1/s1. The molecule has 2 atom stereocenters. The molecule has 4 rings (SSSR count). The molecule has 0 unspecified atom stereocenters. The number of sulfone groups is 1. The van der Waals surface area contributed by atoms with Gasteiger partial charge in [0.15, 0.2) is 9.84 Å². The van der Waals surface area contributed by atoms with E-state index in [0.717, 1.165) is 5.56 Å². The quantitative estimate of drug-likeness (QED) is 0.762. The van der Waals surface area contributed by atoms with Gasteiger partial charge in [-0.2, -0.15) is 0 Å². The maximum absolute atomic E-state index is 12.6. The van der Waals surface area contributed by atoms with Crippen molar-refractivity contribution in [2.75, 3.05) is 23.4 Å². The number of rotatable bonds is 6. The van der Waals surface area contributed by atoms with Crippen molar-refractivity contribution in [3.05, 3.63) is 60.2 Å². The summed E-state index contributed by atoms with van der Waals surface area (Å²) < 4.78 is 29.1. The second-order valence-corrected chi connectivity index (χ2v) is 10.0. The minimum Gasteiger partial charge on any atom is -0.489 e. The number of nitrogens with zero attached hydrogens (tertiary/aromatic N) is 1. The van der Waals surface area contributed by atoms with Crippen molar-refractivity contribution in [3.8, 4) is 5.75 Å². The van der Waals surface area contributed by atoms with E-state index in [9.17, 15) is 18.0 Å². The van der Waals surface area contributed by atoms with E-state index < -0.39 is 15.8 Å². The molecule has 0 saturated carbocycles. The summed E-state index contributed by atoms with van der Waals surface area (Å²) in [5, 5.41) is 2.84. The predicted octanol–water partition coefficient (Wildman–Crippen LogP) is 2.24. The molecule has 2 aromatic carbocycles. The van der Waals surface area contributed by atoms with E-state index in [4.69, 9.17) is 4.74 Å². The average Bonchev–Trinajstić information content (AvgIpc) is 3.30. The fraction of sp³-hybridized carbons (Fsp3) is 0.364. The van der Waals surface area contributed by atoms with Crippen LogP contribution in [0.25, 0.3) is 0 Å². The fourth-order valence-electron chi connectivity index (χ4n) is 3.90. The zero-order valence-corrected chi connectivity index (χ0v) is 17.3. The number of hydrogen-bond acceptors (Lipinski definition) is 5. The first kappa shape index (κ1) is 20.4. The molecule has 2 aliphatic rings. The van der Waals surface area contributed by atoms with Gasteiger partial charge < -0.3 is 15.0 Å². The van der Waals surface area contributed by atoms with Crippen molar-refractivity contribution in [1.29, 1.82) is 0 Å². The summed E-state index contributed by atoms with van der Waals surface area (Å²) in [5.74, 6) is -0.0583. The highest BCUT2D eigenvalue weighted by Gasteiger charge is 2.41. The van der Waals surface area contributed by atoms with Crippen LogP contribution in [-0.2, 0) is 26.0 Å². The zero-order chi connectivity index (χ0) is 21.1. The highest BCUT2D eigenvalue weighted by Crippen LogP contribution is 2.27. The summed E-state index contributed by atoms with van der Waals surface area (Å²) in [7, 11) is -3.08. The van der Waals surface area contributed by atoms with Gasteiger partial charge in [-0.1, -0.05) is 30.3 Å². The molecule has 158 valence electrons. The highest BCUT2D eigenvalue weighted by atomic mass is 32.2. The lowest BCUT2D eigenvalue weighted by atomic mass is 10.1. The summed E-state index contributed by atoms with van der Waals surface area (Å²) >= 11 is 0. The summed E-state index contributed by atoms with van der Waals surface area (Å²) in [4.78, 5) is 26.5. The Labute approximate surface area is 175 Å². The molecule has 2 aliphatic heterocycles. The van der Waals surface area contributed by atoms with Crippen LogP contribution in [0.3, 0.4) is 0 Å². The van der Waals surface area contributed by atoms with Crippen LogP contribution in [0, 0.1) is 5.92 Å². The highest BCUT2D eigenvalue weighted by molar-refractivity contribution is 7.91. The Morgan fingerprint density at radius 3 is 2.50 bits per heavy atom. The summed E-state index contributed by atoms with van der Waals surface area (Å²) in [6.07, 6.45) is 0.563. The minimum absolute atomic E-state index is 0.00246. The Kier molecular flexibility index (Phi) is 5.76. The summed E-state index contributed by atoms with van der Waals surface area (Å²) in [5.41, 5.74) is 1.70. The second-order valence-electron chi connectivity index (χ2n) is 7.79. The number of carbonyl (C=O) groups is 2. The van der Waals surface area contributed by atoms with E-state index in [-0.39, 0.29) is 42.3 Å². The van der Waals surface area contributed by atoms with E-state index in [2.05, 4.69) is 5.32 Å². The van der Waals surface area contributed by atoms with Crippen molar-refractivity contribution in [1.82, 2.24) is 4.90 Å². The van der Waals surface area contributed by atoms with Gasteiger partial charge >= 0.3 is 0 Å². The molecule has 2 amide bonds. The van der Waals surface area contributed by atoms with E-state index in [1.807, 2.05) is 30.3 Å². The van der Waals surface area contributed by atoms with Gasteiger partial charge in [-0.25, -0.2) is 8.42 Å². The molecule has 8 heteroatoms. The van der Waals surface area contributed by atoms with Crippen LogP contribution in [0.2, 0.25) is 0 Å². The number of ether oxygens (including phenoxy) is 1. The molecule has 1 N–H and O–H groups in total. The third-order valence-corrected chi connectivity index (χ3v) is 7.30. The first-order chi connectivity index (χ1) is 14.4. The van der Waals surface area contributed by atoms with Crippen LogP contribution in [0.15, 0.2) is 54.6 Å². The minimum atomic E-state index is -3.08. The first-order valence-electron chi connectivity index (χ1n) is 9.97. The Hall–Kier alpha value is -2.87.